The van der Waals surface area contributed by atoms with Gasteiger partial charge in [0.2, 0.25) is 0 Å². The van der Waals surface area contributed by atoms with E-state index in [-0.39, 0.29) is 46.1 Å². The number of carbonyl (C=O) groups is 1. The molecule has 0 aliphatic carbocycles. The van der Waals surface area contributed by atoms with Gasteiger partial charge < -0.3 is 23.9 Å². The minimum Gasteiger partial charge on any atom is -0.508 e. The molecule has 1 N–H and O–H groups in total. The first-order valence-electron chi connectivity index (χ1n) is 8.91. The lowest BCUT2D eigenvalue weighted by Gasteiger charge is -2.13. The monoisotopic (exact) mass is 473 g/mol. The number of hydrogen-bond acceptors (Lipinski definition) is 6. The number of aromatic hydroxyl groups is 1. The average molecular weight is 475 g/mol. The Hall–Kier alpha value is -2.12. The van der Waals surface area contributed by atoms with Crippen LogP contribution in [0.4, 0.5) is 0 Å². The van der Waals surface area contributed by atoms with Crippen LogP contribution in [0.2, 0.25) is 10.0 Å². The van der Waals surface area contributed by atoms with E-state index in [0.717, 1.165) is 0 Å². The van der Waals surface area contributed by atoms with Gasteiger partial charge in [0, 0.05) is 23.1 Å². The molecule has 2 aromatic carbocycles. The smallest absolute Gasteiger partial charge is 0.342 e. The third-order valence-electron chi connectivity index (χ3n) is 4.36. The van der Waals surface area contributed by atoms with Crippen LogP contribution in [0.5, 0.6) is 11.5 Å². The zero-order valence-corrected chi connectivity index (χ0v) is 19.2. The van der Waals surface area contributed by atoms with Crippen molar-refractivity contribution in [3.8, 4) is 22.8 Å². The van der Waals surface area contributed by atoms with Gasteiger partial charge >= 0.3 is 5.97 Å². The van der Waals surface area contributed by atoms with Crippen molar-refractivity contribution in [3.05, 3.63) is 45.4 Å². The predicted octanol–water partition coefficient (Wildman–Crippen LogP) is 5.78. The fraction of sp³-hybridized carbons (Fsp3) is 0.286. The van der Waals surface area contributed by atoms with Crippen molar-refractivity contribution in [1.82, 2.24) is 4.90 Å². The Labute approximate surface area is 190 Å². The molecule has 0 aliphatic rings. The summed E-state index contributed by atoms with van der Waals surface area (Å²) in [7, 11) is 5.20. The van der Waals surface area contributed by atoms with Gasteiger partial charge in [0.25, 0.3) is 0 Å². The van der Waals surface area contributed by atoms with Crippen molar-refractivity contribution in [2.75, 3.05) is 27.8 Å². The molecule has 1 heterocycles. The van der Waals surface area contributed by atoms with Gasteiger partial charge in [0.05, 0.1) is 23.8 Å². The van der Waals surface area contributed by atoms with E-state index in [1.807, 2.05) is 19.0 Å². The first-order valence-corrected chi connectivity index (χ1v) is 9.66. The topological polar surface area (TPSA) is 72.1 Å². The SMILES string of the molecule is CCOC(=O)c1c(-c2cc(Cl)c(OC)c(Cl)c2)oc2ccc(O)c(CN(C)C)c12.Cl. The molecule has 0 bridgehead atoms. The predicted molar refractivity (Wildman–Crippen MR) is 120 cm³/mol. The second-order valence-corrected chi connectivity index (χ2v) is 7.49. The molecule has 0 amide bonds. The Morgan fingerprint density at radius 1 is 1.20 bits per heavy atom. The van der Waals surface area contributed by atoms with Gasteiger partial charge in [-0.2, -0.15) is 0 Å². The van der Waals surface area contributed by atoms with E-state index in [4.69, 9.17) is 37.1 Å². The normalized spacial score (nSPS) is 10.9. The van der Waals surface area contributed by atoms with Crippen LogP contribution in [0.15, 0.2) is 28.7 Å². The number of halogens is 3. The lowest BCUT2D eigenvalue weighted by atomic mass is 10.0. The lowest BCUT2D eigenvalue weighted by molar-refractivity contribution is 0.0528. The number of methoxy groups -OCH3 is 1. The number of carbonyl (C=O) groups excluding carboxylic acids is 1. The van der Waals surface area contributed by atoms with Crippen LogP contribution in [0.25, 0.3) is 22.3 Å². The molecule has 30 heavy (non-hydrogen) atoms. The Morgan fingerprint density at radius 3 is 2.37 bits per heavy atom. The highest BCUT2D eigenvalue weighted by Gasteiger charge is 2.27. The summed E-state index contributed by atoms with van der Waals surface area (Å²) < 4.78 is 16.5. The summed E-state index contributed by atoms with van der Waals surface area (Å²) in [5, 5.41) is 11.5. The maximum atomic E-state index is 12.9. The standard InChI is InChI=1S/C21H21Cl2NO5.ClH/c1-5-28-21(26)18-17-12(10-24(2)3)15(25)6-7-16(17)29-19(18)11-8-13(22)20(27-4)14(23)9-11;/h6-9,25H,5,10H2,1-4H3;1H. The summed E-state index contributed by atoms with van der Waals surface area (Å²) in [6.45, 7) is 2.31. The largest absolute Gasteiger partial charge is 0.508 e. The molecule has 0 spiro atoms. The van der Waals surface area contributed by atoms with Crippen LogP contribution in [-0.4, -0.2) is 43.8 Å². The minimum atomic E-state index is -0.560. The zero-order chi connectivity index (χ0) is 21.3. The number of phenolic OH excluding ortho intramolecular Hbond substituents is 1. The number of rotatable bonds is 6. The van der Waals surface area contributed by atoms with Gasteiger partial charge in [-0.1, -0.05) is 23.2 Å². The van der Waals surface area contributed by atoms with E-state index in [2.05, 4.69) is 0 Å². The first kappa shape index (κ1) is 24.2. The summed E-state index contributed by atoms with van der Waals surface area (Å²) in [6.07, 6.45) is 0. The van der Waals surface area contributed by atoms with Crippen LogP contribution in [0.1, 0.15) is 22.8 Å². The second kappa shape index (κ2) is 9.79. The average Bonchev–Trinajstić information content (AvgIpc) is 3.04. The van der Waals surface area contributed by atoms with Crippen molar-refractivity contribution in [2.45, 2.75) is 13.5 Å². The number of hydrogen-bond donors (Lipinski definition) is 1. The molecule has 0 saturated heterocycles. The Bertz CT molecular complexity index is 1060. The minimum absolute atomic E-state index is 0. The molecular weight excluding hydrogens is 453 g/mol. The number of nitrogens with zero attached hydrogens (tertiary/aromatic N) is 1. The van der Waals surface area contributed by atoms with E-state index >= 15 is 0 Å². The van der Waals surface area contributed by atoms with Crippen molar-refractivity contribution >= 4 is 52.5 Å². The van der Waals surface area contributed by atoms with Crippen LogP contribution in [0, 0.1) is 0 Å². The highest BCUT2D eigenvalue weighted by molar-refractivity contribution is 6.37. The van der Waals surface area contributed by atoms with Gasteiger partial charge in [0.15, 0.2) is 5.75 Å². The van der Waals surface area contributed by atoms with Gasteiger partial charge in [0.1, 0.15) is 22.7 Å². The van der Waals surface area contributed by atoms with E-state index < -0.39 is 5.97 Å². The molecular formula is C21H22Cl3NO5. The number of furan rings is 1. The van der Waals surface area contributed by atoms with Crippen molar-refractivity contribution in [1.29, 1.82) is 0 Å². The van der Waals surface area contributed by atoms with Crippen LogP contribution in [0.3, 0.4) is 0 Å². The molecule has 3 rings (SSSR count). The summed E-state index contributed by atoms with van der Waals surface area (Å²) >= 11 is 12.6. The summed E-state index contributed by atoms with van der Waals surface area (Å²) in [5.74, 6) is 0.0946. The molecule has 3 aromatic rings. The second-order valence-electron chi connectivity index (χ2n) is 6.67. The van der Waals surface area contributed by atoms with Crippen LogP contribution < -0.4 is 4.74 Å². The Kier molecular flexibility index (Phi) is 7.88. The third-order valence-corrected chi connectivity index (χ3v) is 4.92. The van der Waals surface area contributed by atoms with Gasteiger partial charge in [-0.3, -0.25) is 0 Å². The summed E-state index contributed by atoms with van der Waals surface area (Å²) in [6, 6.07) is 6.37. The fourth-order valence-electron chi connectivity index (χ4n) is 3.21. The molecule has 9 heteroatoms. The highest BCUT2D eigenvalue weighted by atomic mass is 35.5. The molecule has 162 valence electrons. The van der Waals surface area contributed by atoms with E-state index in [1.54, 1.807) is 25.1 Å². The number of fused-ring (bicyclic) bond motifs is 1. The quantitative estimate of drug-likeness (QED) is 0.457. The number of benzene rings is 2. The molecule has 0 radical (unpaired) electrons. The highest BCUT2D eigenvalue weighted by Crippen LogP contribution is 2.43. The molecule has 0 atom stereocenters. The van der Waals surface area contributed by atoms with E-state index in [9.17, 15) is 9.90 Å². The number of ether oxygens (including phenoxy) is 2. The molecule has 6 nitrogen and oxygen atoms in total. The van der Waals surface area contributed by atoms with Crippen molar-refractivity contribution in [2.24, 2.45) is 0 Å². The van der Waals surface area contributed by atoms with Crippen LogP contribution >= 0.6 is 35.6 Å². The summed E-state index contributed by atoms with van der Waals surface area (Å²) in [5.41, 5.74) is 1.72. The van der Waals surface area contributed by atoms with E-state index in [0.29, 0.717) is 34.4 Å². The third kappa shape index (κ3) is 4.47. The number of phenols is 1. The van der Waals surface area contributed by atoms with Gasteiger partial charge in [-0.25, -0.2) is 4.79 Å². The first-order chi connectivity index (χ1) is 13.8. The molecule has 0 aliphatic heterocycles. The fourth-order valence-corrected chi connectivity index (χ4v) is 3.85. The van der Waals surface area contributed by atoms with Crippen molar-refractivity contribution < 1.29 is 23.8 Å². The molecule has 0 saturated carbocycles. The molecule has 0 fully saturated rings. The Balaban J connectivity index is 0.00000320. The van der Waals surface area contributed by atoms with Crippen molar-refractivity contribution in [3.63, 3.8) is 0 Å². The molecule has 0 unspecified atom stereocenters. The number of esters is 1. The lowest BCUT2D eigenvalue weighted by Crippen LogP contribution is -2.12. The van der Waals surface area contributed by atoms with Gasteiger partial charge in [-0.05, 0) is 45.3 Å². The van der Waals surface area contributed by atoms with E-state index in [1.165, 1.54) is 13.2 Å². The van der Waals surface area contributed by atoms with Gasteiger partial charge in [-0.15, -0.1) is 12.4 Å². The summed E-state index contributed by atoms with van der Waals surface area (Å²) in [4.78, 5) is 14.8. The Morgan fingerprint density at radius 2 is 1.83 bits per heavy atom. The maximum Gasteiger partial charge on any atom is 0.342 e. The maximum absolute atomic E-state index is 12.9. The van der Waals surface area contributed by atoms with Crippen LogP contribution in [-0.2, 0) is 11.3 Å². The zero-order valence-electron chi connectivity index (χ0n) is 16.9. The molecule has 1 aromatic heterocycles.